The minimum Gasteiger partial charge on any atom is -0.455 e. The van der Waals surface area contributed by atoms with Gasteiger partial charge in [-0.15, -0.1) is 0 Å². The quantitative estimate of drug-likeness (QED) is 0.484. The topological polar surface area (TPSA) is 88.7 Å². The van der Waals surface area contributed by atoms with Gasteiger partial charge in [0.25, 0.3) is 0 Å². The molecule has 0 saturated carbocycles. The van der Waals surface area contributed by atoms with Gasteiger partial charge < -0.3 is 4.42 Å². The van der Waals surface area contributed by atoms with Crippen LogP contribution in [0.15, 0.2) is 81.1 Å². The molecular formula is C20H17ClN2O4S. The van der Waals surface area contributed by atoms with Gasteiger partial charge in [-0.1, -0.05) is 41.9 Å². The molecule has 1 amide bonds. The Morgan fingerprint density at radius 3 is 2.54 bits per heavy atom. The number of amides is 1. The predicted octanol–water partition coefficient (Wildman–Crippen LogP) is 4.06. The number of furan rings is 1. The molecule has 144 valence electrons. The summed E-state index contributed by atoms with van der Waals surface area (Å²) in [6, 6.07) is 18.0. The predicted molar refractivity (Wildman–Crippen MR) is 107 cm³/mol. The van der Waals surface area contributed by atoms with Crippen molar-refractivity contribution in [3.63, 3.8) is 0 Å². The van der Waals surface area contributed by atoms with Crippen LogP contribution in [0, 0.1) is 0 Å². The molecule has 0 aliphatic rings. The van der Waals surface area contributed by atoms with Gasteiger partial charge in [0.05, 0.1) is 10.6 Å². The Labute approximate surface area is 167 Å². The fourth-order valence-electron chi connectivity index (χ4n) is 2.44. The summed E-state index contributed by atoms with van der Waals surface area (Å²) in [5.41, 5.74) is 3.72. The van der Waals surface area contributed by atoms with Gasteiger partial charge in [0.1, 0.15) is 11.5 Å². The highest BCUT2D eigenvalue weighted by Crippen LogP contribution is 2.18. The van der Waals surface area contributed by atoms with E-state index in [9.17, 15) is 13.2 Å². The Kier molecular flexibility index (Phi) is 5.96. The number of sulfone groups is 1. The summed E-state index contributed by atoms with van der Waals surface area (Å²) in [6.07, 6.45) is 0. The second kappa shape index (κ2) is 8.41. The van der Waals surface area contributed by atoms with Crippen molar-refractivity contribution in [3.8, 4) is 0 Å². The number of carbonyl (C=O) groups excluding carboxylic acids is 1. The zero-order valence-electron chi connectivity index (χ0n) is 14.9. The maximum atomic E-state index is 12.4. The lowest BCUT2D eigenvalue weighted by Gasteiger charge is -2.03. The van der Waals surface area contributed by atoms with Crippen LogP contribution in [0.25, 0.3) is 0 Å². The van der Waals surface area contributed by atoms with E-state index in [0.29, 0.717) is 10.7 Å². The molecule has 0 atom stereocenters. The summed E-state index contributed by atoms with van der Waals surface area (Å²) in [4.78, 5) is 12.4. The van der Waals surface area contributed by atoms with E-state index in [1.165, 1.54) is 24.3 Å². The first-order valence-corrected chi connectivity index (χ1v) is 10.4. The van der Waals surface area contributed by atoms with E-state index in [-0.39, 0.29) is 22.2 Å². The smallest absolute Gasteiger partial charge is 0.307 e. The third-order valence-electron chi connectivity index (χ3n) is 3.89. The van der Waals surface area contributed by atoms with E-state index in [1.54, 1.807) is 43.3 Å². The van der Waals surface area contributed by atoms with Crippen molar-refractivity contribution in [2.45, 2.75) is 17.6 Å². The van der Waals surface area contributed by atoms with Gasteiger partial charge in [-0.05, 0) is 48.9 Å². The zero-order valence-corrected chi connectivity index (χ0v) is 16.5. The van der Waals surface area contributed by atoms with Gasteiger partial charge in [-0.3, -0.25) is 4.79 Å². The van der Waals surface area contributed by atoms with Gasteiger partial charge in [0.2, 0.25) is 0 Å². The molecule has 0 fully saturated rings. The number of hydrogen-bond donors (Lipinski definition) is 1. The molecule has 0 aliphatic heterocycles. The molecule has 0 saturated heterocycles. The number of hydrazone groups is 1. The second-order valence-corrected chi connectivity index (χ2v) is 8.41. The van der Waals surface area contributed by atoms with E-state index in [0.717, 1.165) is 5.56 Å². The lowest BCUT2D eigenvalue weighted by Crippen LogP contribution is -2.18. The van der Waals surface area contributed by atoms with Gasteiger partial charge in [-0.2, -0.15) is 5.10 Å². The van der Waals surface area contributed by atoms with Crippen LogP contribution in [-0.2, 0) is 15.6 Å². The summed E-state index contributed by atoms with van der Waals surface area (Å²) in [6.45, 7) is 1.73. The summed E-state index contributed by atoms with van der Waals surface area (Å²) < 4.78 is 30.2. The molecular weight excluding hydrogens is 400 g/mol. The summed E-state index contributed by atoms with van der Waals surface area (Å²) in [7, 11) is -3.56. The highest BCUT2D eigenvalue weighted by atomic mass is 35.5. The van der Waals surface area contributed by atoms with Crippen molar-refractivity contribution in [1.29, 1.82) is 0 Å². The number of benzene rings is 2. The first-order valence-electron chi connectivity index (χ1n) is 8.32. The van der Waals surface area contributed by atoms with E-state index < -0.39 is 15.7 Å². The van der Waals surface area contributed by atoms with Crippen molar-refractivity contribution in [3.05, 3.63) is 88.8 Å². The van der Waals surface area contributed by atoms with Gasteiger partial charge in [0.15, 0.2) is 15.6 Å². The highest BCUT2D eigenvalue weighted by Gasteiger charge is 2.19. The molecule has 1 N–H and O–H groups in total. The van der Waals surface area contributed by atoms with Crippen molar-refractivity contribution in [2.24, 2.45) is 5.10 Å². The molecule has 1 heterocycles. The standard InChI is InChI=1S/C20H17ClN2O4S/c1-14(15-6-5-7-16(21)12-15)22-23-20(24)19-11-10-17(27-19)13-28(25,26)18-8-3-2-4-9-18/h2-12H,13H2,1H3,(H,23,24)/b22-14-. The summed E-state index contributed by atoms with van der Waals surface area (Å²) >= 11 is 5.94. The normalized spacial score (nSPS) is 12.0. The fraction of sp³-hybridized carbons (Fsp3) is 0.100. The van der Waals surface area contributed by atoms with Crippen molar-refractivity contribution < 1.29 is 17.6 Å². The minimum absolute atomic E-state index is 0.0269. The number of halogens is 1. The third kappa shape index (κ3) is 4.88. The third-order valence-corrected chi connectivity index (χ3v) is 5.78. The van der Waals surface area contributed by atoms with Crippen LogP contribution in [-0.4, -0.2) is 20.0 Å². The molecule has 28 heavy (non-hydrogen) atoms. The molecule has 0 aliphatic carbocycles. The second-order valence-electron chi connectivity index (χ2n) is 5.99. The average Bonchev–Trinajstić information content (AvgIpc) is 3.14. The van der Waals surface area contributed by atoms with Crippen LogP contribution in [0.1, 0.15) is 28.8 Å². The number of nitrogens with zero attached hydrogens (tertiary/aromatic N) is 1. The molecule has 3 rings (SSSR count). The molecule has 0 unspecified atom stereocenters. The van der Waals surface area contributed by atoms with Crippen LogP contribution in [0.4, 0.5) is 0 Å². The van der Waals surface area contributed by atoms with Crippen LogP contribution in [0.5, 0.6) is 0 Å². The lowest BCUT2D eigenvalue weighted by molar-refractivity contribution is 0.0925. The van der Waals surface area contributed by atoms with E-state index in [2.05, 4.69) is 10.5 Å². The molecule has 0 radical (unpaired) electrons. The maximum Gasteiger partial charge on any atom is 0.307 e. The van der Waals surface area contributed by atoms with E-state index in [4.69, 9.17) is 16.0 Å². The Balaban J connectivity index is 1.68. The monoisotopic (exact) mass is 416 g/mol. The van der Waals surface area contributed by atoms with Crippen LogP contribution in [0.2, 0.25) is 5.02 Å². The van der Waals surface area contributed by atoms with Crippen LogP contribution in [0.3, 0.4) is 0 Å². The molecule has 0 spiro atoms. The van der Waals surface area contributed by atoms with Crippen LogP contribution >= 0.6 is 11.6 Å². The van der Waals surface area contributed by atoms with Gasteiger partial charge >= 0.3 is 5.91 Å². The number of hydrogen-bond acceptors (Lipinski definition) is 5. The number of rotatable bonds is 6. The van der Waals surface area contributed by atoms with Crippen molar-refractivity contribution in [1.82, 2.24) is 5.43 Å². The summed E-state index contributed by atoms with van der Waals surface area (Å²) in [5.74, 6) is -0.773. The van der Waals surface area contributed by atoms with Crippen molar-refractivity contribution >= 4 is 33.1 Å². The lowest BCUT2D eigenvalue weighted by atomic mass is 10.1. The van der Waals surface area contributed by atoms with E-state index in [1.807, 2.05) is 6.07 Å². The van der Waals surface area contributed by atoms with Crippen LogP contribution < -0.4 is 5.43 Å². The Morgan fingerprint density at radius 1 is 1.07 bits per heavy atom. The first kappa shape index (κ1) is 19.9. The number of carbonyl (C=O) groups is 1. The average molecular weight is 417 g/mol. The fourth-order valence-corrected chi connectivity index (χ4v) is 3.90. The molecule has 3 aromatic rings. The Hall–Kier alpha value is -2.90. The molecule has 8 heteroatoms. The van der Waals surface area contributed by atoms with Crippen molar-refractivity contribution in [2.75, 3.05) is 0 Å². The van der Waals surface area contributed by atoms with Gasteiger partial charge in [-0.25, -0.2) is 13.8 Å². The molecule has 0 bridgehead atoms. The van der Waals surface area contributed by atoms with Gasteiger partial charge in [0, 0.05) is 5.02 Å². The molecule has 1 aromatic heterocycles. The maximum absolute atomic E-state index is 12.4. The molecule has 6 nitrogen and oxygen atoms in total. The highest BCUT2D eigenvalue weighted by molar-refractivity contribution is 7.90. The zero-order chi connectivity index (χ0) is 20.1. The Bertz CT molecular complexity index is 1120. The molecule has 2 aromatic carbocycles. The minimum atomic E-state index is -3.56. The SMILES string of the molecule is C/C(=N/NC(=O)c1ccc(CS(=O)(=O)c2ccccc2)o1)c1cccc(Cl)c1. The van der Waals surface area contributed by atoms with E-state index >= 15 is 0 Å². The first-order chi connectivity index (χ1) is 13.3. The number of nitrogens with one attached hydrogen (secondary N) is 1. The largest absolute Gasteiger partial charge is 0.455 e. The Morgan fingerprint density at radius 2 is 1.82 bits per heavy atom. The summed E-state index contributed by atoms with van der Waals surface area (Å²) in [5, 5.41) is 4.59.